The summed E-state index contributed by atoms with van der Waals surface area (Å²) in [5, 5.41) is 2.68. The monoisotopic (exact) mass is 233 g/mol. The molecule has 1 saturated heterocycles. The van der Waals surface area contributed by atoms with Crippen LogP contribution in [0.1, 0.15) is 6.42 Å². The van der Waals surface area contributed by atoms with Gasteiger partial charge in [-0.1, -0.05) is 6.58 Å². The van der Waals surface area contributed by atoms with Gasteiger partial charge in [0, 0.05) is 12.1 Å². The Kier molecular flexibility index (Phi) is 3.77. The van der Waals surface area contributed by atoms with Crippen molar-refractivity contribution in [2.75, 3.05) is 18.5 Å². The first-order valence-corrected chi connectivity index (χ1v) is 5.56. The van der Waals surface area contributed by atoms with Crippen LogP contribution in [-0.2, 0) is 9.53 Å². The highest BCUT2D eigenvalue weighted by Crippen LogP contribution is 2.19. The van der Waals surface area contributed by atoms with E-state index in [0.717, 1.165) is 24.5 Å². The molecular formula is C13H15NO3. The van der Waals surface area contributed by atoms with Crippen molar-refractivity contribution in [3.05, 3.63) is 36.9 Å². The molecule has 1 atom stereocenters. The van der Waals surface area contributed by atoms with Gasteiger partial charge in [-0.2, -0.15) is 0 Å². The number of ether oxygens (including phenoxy) is 2. The maximum Gasteiger partial charge on any atom is 0.247 e. The van der Waals surface area contributed by atoms with Crippen LogP contribution in [0.3, 0.4) is 0 Å². The molecule has 1 aliphatic rings. The molecule has 0 spiro atoms. The average molecular weight is 233 g/mol. The summed E-state index contributed by atoms with van der Waals surface area (Å²) in [5.41, 5.74) is 0.727. The van der Waals surface area contributed by atoms with E-state index >= 15 is 0 Å². The SMILES string of the molecule is C=CC(=O)Nc1ccc(OC2CCOC2)cc1. The highest BCUT2D eigenvalue weighted by atomic mass is 16.5. The standard InChI is InChI=1S/C13H15NO3/c1-2-13(15)14-10-3-5-11(6-4-10)17-12-7-8-16-9-12/h2-6,12H,1,7-9H2,(H,14,15). The number of carbonyl (C=O) groups is 1. The van der Waals surface area contributed by atoms with Crippen LogP contribution in [0.25, 0.3) is 0 Å². The number of hydrogen-bond donors (Lipinski definition) is 1. The minimum atomic E-state index is -0.220. The lowest BCUT2D eigenvalue weighted by Crippen LogP contribution is -2.15. The molecule has 0 aliphatic carbocycles. The Hall–Kier alpha value is -1.81. The molecule has 1 aromatic rings. The minimum Gasteiger partial charge on any atom is -0.488 e. The predicted octanol–water partition coefficient (Wildman–Crippen LogP) is 1.98. The summed E-state index contributed by atoms with van der Waals surface area (Å²) >= 11 is 0. The van der Waals surface area contributed by atoms with Gasteiger partial charge in [0.2, 0.25) is 5.91 Å². The molecule has 1 fully saturated rings. The summed E-state index contributed by atoms with van der Waals surface area (Å²) < 4.78 is 10.9. The highest BCUT2D eigenvalue weighted by molar-refractivity contribution is 5.98. The zero-order chi connectivity index (χ0) is 12.1. The van der Waals surface area contributed by atoms with Crippen molar-refractivity contribution in [2.45, 2.75) is 12.5 Å². The number of benzene rings is 1. The van der Waals surface area contributed by atoms with Crippen LogP contribution in [0.15, 0.2) is 36.9 Å². The van der Waals surface area contributed by atoms with E-state index in [0.29, 0.717) is 6.61 Å². The van der Waals surface area contributed by atoms with Gasteiger partial charge in [0.15, 0.2) is 0 Å². The quantitative estimate of drug-likeness (QED) is 0.809. The summed E-state index contributed by atoms with van der Waals surface area (Å²) in [5.74, 6) is 0.569. The third-order valence-electron chi connectivity index (χ3n) is 2.50. The average Bonchev–Trinajstić information content (AvgIpc) is 2.84. The third-order valence-corrected chi connectivity index (χ3v) is 2.50. The first kappa shape index (κ1) is 11.7. The molecule has 0 radical (unpaired) electrons. The lowest BCUT2D eigenvalue weighted by atomic mass is 10.3. The summed E-state index contributed by atoms with van der Waals surface area (Å²) in [6.45, 7) is 4.80. The molecule has 1 amide bonds. The maximum atomic E-state index is 11.1. The molecule has 1 unspecified atom stereocenters. The molecule has 90 valence electrons. The van der Waals surface area contributed by atoms with Gasteiger partial charge in [-0.3, -0.25) is 4.79 Å². The van der Waals surface area contributed by atoms with Crippen LogP contribution >= 0.6 is 0 Å². The fourth-order valence-electron chi connectivity index (χ4n) is 1.61. The first-order chi connectivity index (χ1) is 8.28. The van der Waals surface area contributed by atoms with Gasteiger partial charge >= 0.3 is 0 Å². The lowest BCUT2D eigenvalue weighted by molar-refractivity contribution is -0.111. The molecule has 2 rings (SSSR count). The van der Waals surface area contributed by atoms with Crippen molar-refractivity contribution < 1.29 is 14.3 Å². The number of carbonyl (C=O) groups excluding carboxylic acids is 1. The topological polar surface area (TPSA) is 47.6 Å². The van der Waals surface area contributed by atoms with Crippen molar-refractivity contribution in [2.24, 2.45) is 0 Å². The molecule has 4 nitrogen and oxygen atoms in total. The molecule has 0 saturated carbocycles. The van der Waals surface area contributed by atoms with Crippen LogP contribution in [0, 0.1) is 0 Å². The normalized spacial score (nSPS) is 18.7. The van der Waals surface area contributed by atoms with Gasteiger partial charge < -0.3 is 14.8 Å². The Morgan fingerprint density at radius 1 is 1.47 bits per heavy atom. The minimum absolute atomic E-state index is 0.142. The molecule has 0 aromatic heterocycles. The van der Waals surface area contributed by atoms with E-state index in [1.54, 1.807) is 12.1 Å². The number of anilines is 1. The van der Waals surface area contributed by atoms with Gasteiger partial charge in [0.05, 0.1) is 13.2 Å². The lowest BCUT2D eigenvalue weighted by Gasteiger charge is -2.12. The molecule has 0 bridgehead atoms. The second-order valence-electron chi connectivity index (χ2n) is 3.82. The molecule has 1 aromatic carbocycles. The summed E-state index contributed by atoms with van der Waals surface area (Å²) in [7, 11) is 0. The Labute approximate surface area is 100 Å². The van der Waals surface area contributed by atoms with Crippen LogP contribution in [0.5, 0.6) is 5.75 Å². The molecule has 4 heteroatoms. The number of hydrogen-bond acceptors (Lipinski definition) is 3. The summed E-state index contributed by atoms with van der Waals surface area (Å²) in [6.07, 6.45) is 2.30. The van der Waals surface area contributed by atoms with Crippen molar-refractivity contribution >= 4 is 11.6 Å². The van der Waals surface area contributed by atoms with E-state index in [2.05, 4.69) is 11.9 Å². The van der Waals surface area contributed by atoms with E-state index in [9.17, 15) is 4.79 Å². The Morgan fingerprint density at radius 3 is 2.82 bits per heavy atom. The second kappa shape index (κ2) is 5.50. The molecule has 1 heterocycles. The zero-order valence-corrected chi connectivity index (χ0v) is 9.52. The van der Waals surface area contributed by atoms with Crippen LogP contribution in [0.2, 0.25) is 0 Å². The highest BCUT2D eigenvalue weighted by Gasteiger charge is 2.16. The van der Waals surface area contributed by atoms with Gasteiger partial charge in [-0.15, -0.1) is 0 Å². The van der Waals surface area contributed by atoms with Gasteiger partial charge in [0.25, 0.3) is 0 Å². The second-order valence-corrected chi connectivity index (χ2v) is 3.82. The van der Waals surface area contributed by atoms with Crippen molar-refractivity contribution in [1.29, 1.82) is 0 Å². The summed E-state index contributed by atoms with van der Waals surface area (Å²) in [4.78, 5) is 11.1. The van der Waals surface area contributed by atoms with Gasteiger partial charge in [-0.05, 0) is 30.3 Å². The molecule has 17 heavy (non-hydrogen) atoms. The van der Waals surface area contributed by atoms with Crippen LogP contribution < -0.4 is 10.1 Å². The van der Waals surface area contributed by atoms with Crippen molar-refractivity contribution in [3.8, 4) is 5.75 Å². The molecule has 1 N–H and O–H groups in total. The van der Waals surface area contributed by atoms with E-state index in [1.807, 2.05) is 12.1 Å². The number of rotatable bonds is 4. The predicted molar refractivity (Wildman–Crippen MR) is 65.1 cm³/mol. The Balaban J connectivity index is 1.92. The number of nitrogens with one attached hydrogen (secondary N) is 1. The Morgan fingerprint density at radius 2 is 2.24 bits per heavy atom. The van der Waals surface area contributed by atoms with E-state index < -0.39 is 0 Å². The largest absolute Gasteiger partial charge is 0.488 e. The van der Waals surface area contributed by atoms with Crippen LogP contribution in [-0.4, -0.2) is 25.2 Å². The van der Waals surface area contributed by atoms with E-state index in [-0.39, 0.29) is 12.0 Å². The van der Waals surface area contributed by atoms with E-state index in [1.165, 1.54) is 6.08 Å². The van der Waals surface area contributed by atoms with E-state index in [4.69, 9.17) is 9.47 Å². The first-order valence-electron chi connectivity index (χ1n) is 5.56. The Bertz CT molecular complexity index is 394. The number of amides is 1. The van der Waals surface area contributed by atoms with Crippen LogP contribution in [0.4, 0.5) is 5.69 Å². The van der Waals surface area contributed by atoms with Crippen molar-refractivity contribution in [3.63, 3.8) is 0 Å². The fourth-order valence-corrected chi connectivity index (χ4v) is 1.61. The van der Waals surface area contributed by atoms with Gasteiger partial charge in [-0.25, -0.2) is 0 Å². The maximum absolute atomic E-state index is 11.1. The zero-order valence-electron chi connectivity index (χ0n) is 9.52. The molecular weight excluding hydrogens is 218 g/mol. The van der Waals surface area contributed by atoms with Gasteiger partial charge in [0.1, 0.15) is 11.9 Å². The van der Waals surface area contributed by atoms with Crippen molar-refractivity contribution in [1.82, 2.24) is 0 Å². The fraction of sp³-hybridized carbons (Fsp3) is 0.308. The smallest absolute Gasteiger partial charge is 0.247 e. The summed E-state index contributed by atoms with van der Waals surface area (Å²) in [6, 6.07) is 7.26. The third kappa shape index (κ3) is 3.32. The molecule has 1 aliphatic heterocycles.